The molecule has 0 amide bonds. The lowest BCUT2D eigenvalue weighted by Crippen LogP contribution is -2.54. The van der Waals surface area contributed by atoms with Crippen LogP contribution >= 0.6 is 11.6 Å². The fourth-order valence-corrected chi connectivity index (χ4v) is 4.79. The van der Waals surface area contributed by atoms with Crippen molar-refractivity contribution in [2.75, 3.05) is 0 Å². The molecule has 2 saturated carbocycles. The fourth-order valence-electron chi connectivity index (χ4n) is 4.51. The van der Waals surface area contributed by atoms with Crippen LogP contribution in [-0.2, 0) is 0 Å². The lowest BCUT2D eigenvalue weighted by atomic mass is 9.78. The van der Waals surface area contributed by atoms with E-state index in [1.165, 1.54) is 25.3 Å². The van der Waals surface area contributed by atoms with Crippen LogP contribution in [0.4, 0.5) is 8.78 Å². The summed E-state index contributed by atoms with van der Waals surface area (Å²) in [5, 5.41) is 0.296. The maximum Gasteiger partial charge on any atom is 0.160 e. The van der Waals surface area contributed by atoms with Gasteiger partial charge in [-0.2, -0.15) is 0 Å². The highest BCUT2D eigenvalue weighted by molar-refractivity contribution is 6.31. The minimum absolute atomic E-state index is 0.0433. The zero-order chi connectivity index (χ0) is 13.9. The third-order valence-corrected chi connectivity index (χ3v) is 5.76. The van der Waals surface area contributed by atoms with Gasteiger partial charge in [0.2, 0.25) is 0 Å². The van der Waals surface area contributed by atoms with Crippen LogP contribution in [0.2, 0.25) is 5.02 Å². The first-order valence-corrected chi connectivity index (χ1v) is 7.67. The lowest BCUT2D eigenvalue weighted by Gasteiger charge is -2.40. The maximum absolute atomic E-state index is 13.5. The highest BCUT2D eigenvalue weighted by Crippen LogP contribution is 2.52. The zero-order valence-corrected chi connectivity index (χ0v) is 11.8. The molecule has 3 fully saturated rings. The Hall–Kier alpha value is -0.710. The molecule has 3 aliphatic rings. The number of hydrogen-bond donors (Lipinski definition) is 2. The normalized spacial score (nSPS) is 39.0. The van der Waals surface area contributed by atoms with Gasteiger partial charge in [0.15, 0.2) is 11.6 Å². The largest absolute Gasteiger partial charge is 0.254 e. The van der Waals surface area contributed by atoms with E-state index >= 15 is 0 Å². The predicted octanol–water partition coefficient (Wildman–Crippen LogP) is 3.57. The van der Waals surface area contributed by atoms with E-state index in [0.717, 1.165) is 24.3 Å². The Morgan fingerprint density at radius 1 is 1.00 bits per heavy atom. The summed E-state index contributed by atoms with van der Waals surface area (Å²) in [6.07, 6.45) is 4.88. The van der Waals surface area contributed by atoms with E-state index in [2.05, 4.69) is 10.9 Å². The minimum atomic E-state index is -0.889. The van der Waals surface area contributed by atoms with Crippen LogP contribution in [0.25, 0.3) is 0 Å². The minimum Gasteiger partial charge on any atom is -0.254 e. The molecular weight excluding hydrogens is 282 g/mol. The molecule has 1 aromatic carbocycles. The summed E-state index contributed by atoms with van der Waals surface area (Å²) >= 11 is 6.08. The number of hydrazine groups is 1. The monoisotopic (exact) mass is 298 g/mol. The summed E-state index contributed by atoms with van der Waals surface area (Å²) < 4.78 is 26.6. The van der Waals surface area contributed by atoms with Crippen molar-refractivity contribution in [2.24, 2.45) is 17.8 Å². The quantitative estimate of drug-likeness (QED) is 0.775. The van der Waals surface area contributed by atoms with E-state index in [1.54, 1.807) is 0 Å². The molecule has 2 nitrogen and oxygen atoms in total. The molecule has 2 N–H and O–H groups in total. The number of halogens is 3. The van der Waals surface area contributed by atoms with Crippen molar-refractivity contribution < 1.29 is 8.78 Å². The van der Waals surface area contributed by atoms with E-state index in [1.807, 2.05) is 0 Å². The average molecular weight is 299 g/mol. The molecule has 0 aromatic heterocycles. The number of fused-ring (bicyclic) bond motifs is 5. The van der Waals surface area contributed by atoms with E-state index in [9.17, 15) is 8.78 Å². The fraction of sp³-hybridized carbons (Fsp3) is 0.600. The summed E-state index contributed by atoms with van der Waals surface area (Å²) in [7, 11) is 0. The van der Waals surface area contributed by atoms with Gasteiger partial charge in [-0.25, -0.2) is 14.2 Å². The smallest absolute Gasteiger partial charge is 0.160 e. The van der Waals surface area contributed by atoms with Gasteiger partial charge >= 0.3 is 0 Å². The second-order valence-electron chi connectivity index (χ2n) is 6.39. The molecule has 2 aliphatic carbocycles. The van der Waals surface area contributed by atoms with Gasteiger partial charge < -0.3 is 0 Å². The van der Waals surface area contributed by atoms with Crippen molar-refractivity contribution in [3.05, 3.63) is 34.4 Å². The first-order valence-electron chi connectivity index (χ1n) is 7.29. The molecule has 5 unspecified atom stereocenters. The number of rotatable bonds is 1. The Kier molecular flexibility index (Phi) is 3.02. The van der Waals surface area contributed by atoms with Crippen molar-refractivity contribution in [1.82, 2.24) is 10.9 Å². The molecule has 20 heavy (non-hydrogen) atoms. The topological polar surface area (TPSA) is 24.1 Å². The standard InChI is InChI=1S/C15H17ClF2N2/c16-11-6-13(18)12(17)4-10(11)14-5-9-7-1-2-8(3-7)15(9)20-19-14/h4,6-9,14-15,19-20H,1-3,5H2. The second-order valence-corrected chi connectivity index (χ2v) is 6.79. The van der Waals surface area contributed by atoms with Crippen molar-refractivity contribution in [2.45, 2.75) is 37.8 Å². The summed E-state index contributed by atoms with van der Waals surface area (Å²) in [6, 6.07) is 2.79. The van der Waals surface area contributed by atoms with Gasteiger partial charge in [-0.15, -0.1) is 0 Å². The van der Waals surface area contributed by atoms with Gasteiger partial charge in [-0.1, -0.05) is 11.6 Å². The Balaban J connectivity index is 1.60. The molecule has 0 spiro atoms. The first-order chi connectivity index (χ1) is 9.63. The molecule has 1 saturated heterocycles. The van der Waals surface area contributed by atoms with Crippen molar-refractivity contribution in [1.29, 1.82) is 0 Å². The average Bonchev–Trinajstić information content (AvgIpc) is 3.04. The van der Waals surface area contributed by atoms with Crippen LogP contribution in [0.1, 0.15) is 37.3 Å². The van der Waals surface area contributed by atoms with Crippen molar-refractivity contribution in [3.8, 4) is 0 Å². The van der Waals surface area contributed by atoms with Crippen LogP contribution in [0.3, 0.4) is 0 Å². The highest BCUT2D eigenvalue weighted by Gasteiger charge is 2.50. The molecule has 4 rings (SSSR count). The summed E-state index contributed by atoms with van der Waals surface area (Å²) in [4.78, 5) is 0. The molecule has 1 aliphatic heterocycles. The Morgan fingerprint density at radius 2 is 1.75 bits per heavy atom. The molecule has 2 bridgehead atoms. The van der Waals surface area contributed by atoms with Crippen LogP contribution in [0.15, 0.2) is 12.1 Å². The maximum atomic E-state index is 13.5. The predicted molar refractivity (Wildman–Crippen MR) is 73.1 cm³/mol. The van der Waals surface area contributed by atoms with Gasteiger partial charge in [0.25, 0.3) is 0 Å². The van der Waals surface area contributed by atoms with E-state index in [0.29, 0.717) is 22.5 Å². The van der Waals surface area contributed by atoms with E-state index in [4.69, 9.17) is 11.6 Å². The van der Waals surface area contributed by atoms with E-state index in [-0.39, 0.29) is 6.04 Å². The highest BCUT2D eigenvalue weighted by atomic mass is 35.5. The van der Waals surface area contributed by atoms with Crippen LogP contribution in [0, 0.1) is 29.4 Å². The third kappa shape index (κ3) is 1.89. The molecule has 5 heteroatoms. The molecule has 0 radical (unpaired) electrons. The summed E-state index contributed by atoms with van der Waals surface area (Å²) in [5.74, 6) is 0.468. The van der Waals surface area contributed by atoms with Gasteiger partial charge in [0.1, 0.15) is 0 Å². The Morgan fingerprint density at radius 3 is 2.60 bits per heavy atom. The molecule has 1 aromatic rings. The number of nitrogens with one attached hydrogen (secondary N) is 2. The van der Waals surface area contributed by atoms with Gasteiger partial charge in [-0.05, 0) is 61.1 Å². The number of benzene rings is 1. The van der Waals surface area contributed by atoms with Crippen molar-refractivity contribution >= 4 is 11.6 Å². The summed E-state index contributed by atoms with van der Waals surface area (Å²) in [5.41, 5.74) is 7.31. The number of hydrogen-bond acceptors (Lipinski definition) is 2. The molecule has 108 valence electrons. The SMILES string of the molecule is Fc1cc(Cl)c(C2CC3C4CCC(C4)C3NN2)cc1F. The van der Waals surface area contributed by atoms with Crippen molar-refractivity contribution in [3.63, 3.8) is 0 Å². The van der Waals surface area contributed by atoms with Crippen LogP contribution in [0.5, 0.6) is 0 Å². The van der Waals surface area contributed by atoms with Gasteiger partial charge in [0.05, 0.1) is 0 Å². The zero-order valence-electron chi connectivity index (χ0n) is 11.0. The van der Waals surface area contributed by atoms with E-state index < -0.39 is 11.6 Å². The first kappa shape index (κ1) is 13.0. The van der Waals surface area contributed by atoms with Gasteiger partial charge in [-0.3, -0.25) is 5.43 Å². The Labute approximate surface area is 121 Å². The van der Waals surface area contributed by atoms with Gasteiger partial charge in [0, 0.05) is 17.1 Å². The molecule has 5 atom stereocenters. The Bertz CT molecular complexity index is 551. The molecule has 1 heterocycles. The summed E-state index contributed by atoms with van der Waals surface area (Å²) in [6.45, 7) is 0. The van der Waals surface area contributed by atoms with Crippen LogP contribution in [-0.4, -0.2) is 6.04 Å². The van der Waals surface area contributed by atoms with Crippen LogP contribution < -0.4 is 10.9 Å². The third-order valence-electron chi connectivity index (χ3n) is 5.44. The second kappa shape index (κ2) is 4.65. The molecular formula is C15H17ClF2N2. The lowest BCUT2D eigenvalue weighted by molar-refractivity contribution is 0.139.